The summed E-state index contributed by atoms with van der Waals surface area (Å²) in [6.45, 7) is 3.25. The highest BCUT2D eigenvalue weighted by Crippen LogP contribution is 2.33. The molecular formula is C25H23Cl2F3N6O3S. The van der Waals surface area contributed by atoms with Crippen molar-refractivity contribution < 1.29 is 27.9 Å². The summed E-state index contributed by atoms with van der Waals surface area (Å²) in [7, 11) is 0. The van der Waals surface area contributed by atoms with E-state index >= 15 is 0 Å². The minimum atomic E-state index is -5.08. The summed E-state index contributed by atoms with van der Waals surface area (Å²) in [6, 6.07) is 7.35. The number of anilines is 2. The highest BCUT2D eigenvalue weighted by molar-refractivity contribution is 7.14. The number of Topliss-reactive ketones (excluding diaryl/α,β-unsaturated/α-hetero) is 1. The number of piperidine rings is 1. The fourth-order valence-electron chi connectivity index (χ4n) is 4.34. The Labute approximate surface area is 240 Å². The molecular weight excluding hydrogens is 592 g/mol. The average molecular weight is 615 g/mol. The van der Waals surface area contributed by atoms with Crippen LogP contribution in [0.3, 0.4) is 0 Å². The second-order valence-electron chi connectivity index (χ2n) is 9.06. The number of alkyl halides is 3. The molecule has 1 saturated heterocycles. The molecule has 4 aromatic rings. The zero-order valence-electron chi connectivity index (χ0n) is 21.0. The number of carboxylic acids is 1. The van der Waals surface area contributed by atoms with Crippen LogP contribution in [0.5, 0.6) is 0 Å². The average Bonchev–Trinajstić information content (AvgIpc) is 3.49. The Morgan fingerprint density at radius 3 is 2.58 bits per heavy atom. The van der Waals surface area contributed by atoms with E-state index in [0.29, 0.717) is 26.7 Å². The van der Waals surface area contributed by atoms with Crippen molar-refractivity contribution in [2.45, 2.75) is 32.4 Å². The molecule has 1 fully saturated rings. The Morgan fingerprint density at radius 2 is 1.95 bits per heavy atom. The molecule has 1 atom stereocenters. The van der Waals surface area contributed by atoms with Crippen molar-refractivity contribution in [3.05, 3.63) is 56.6 Å². The van der Waals surface area contributed by atoms with Gasteiger partial charge >= 0.3 is 12.1 Å². The van der Waals surface area contributed by atoms with E-state index < -0.39 is 12.1 Å². The van der Waals surface area contributed by atoms with E-state index in [4.69, 9.17) is 43.8 Å². The van der Waals surface area contributed by atoms with Crippen LogP contribution in [0.1, 0.15) is 34.4 Å². The Bertz CT molecular complexity index is 1560. The van der Waals surface area contributed by atoms with Gasteiger partial charge in [-0.15, -0.1) is 11.3 Å². The highest BCUT2D eigenvalue weighted by atomic mass is 35.5. The number of nitrogen functional groups attached to an aromatic ring is 1. The number of aliphatic carboxylic acids is 1. The van der Waals surface area contributed by atoms with Crippen molar-refractivity contribution in [1.82, 2.24) is 19.4 Å². The largest absolute Gasteiger partial charge is 0.490 e. The van der Waals surface area contributed by atoms with Gasteiger partial charge in [-0.1, -0.05) is 23.2 Å². The summed E-state index contributed by atoms with van der Waals surface area (Å²) in [5, 5.41) is 9.17. The SMILES string of the molecule is CC(=O)c1sc(CC2CCCN(c3nc(-c4ccc(Cl)cc4Cl)cc4nccn34)C2)nc1N.O=C(O)C(F)(F)F. The van der Waals surface area contributed by atoms with Gasteiger partial charge in [0.15, 0.2) is 5.78 Å². The van der Waals surface area contributed by atoms with Gasteiger partial charge in [0.05, 0.1) is 15.7 Å². The van der Waals surface area contributed by atoms with E-state index in [1.165, 1.54) is 18.3 Å². The molecule has 1 aliphatic rings. The molecule has 0 spiro atoms. The van der Waals surface area contributed by atoms with Crippen LogP contribution in [0.15, 0.2) is 36.7 Å². The number of hydrogen-bond acceptors (Lipinski definition) is 8. The fraction of sp³-hybridized carbons (Fsp3) is 0.320. The normalized spacial score (nSPS) is 15.6. The molecule has 0 radical (unpaired) electrons. The molecule has 3 aromatic heterocycles. The Balaban J connectivity index is 0.000000470. The minimum Gasteiger partial charge on any atom is -0.475 e. The number of nitrogens with two attached hydrogens (primary N) is 1. The number of imidazole rings is 1. The molecule has 0 amide bonds. The fourth-order valence-corrected chi connectivity index (χ4v) is 5.84. The lowest BCUT2D eigenvalue weighted by Crippen LogP contribution is -2.38. The lowest BCUT2D eigenvalue weighted by Gasteiger charge is -2.33. The van der Waals surface area contributed by atoms with Crippen LogP contribution in [0.25, 0.3) is 16.9 Å². The van der Waals surface area contributed by atoms with Crippen molar-refractivity contribution in [3.8, 4) is 11.3 Å². The summed E-state index contributed by atoms with van der Waals surface area (Å²) in [5.41, 5.74) is 8.32. The van der Waals surface area contributed by atoms with Gasteiger partial charge in [0.2, 0.25) is 5.95 Å². The molecule has 5 rings (SSSR count). The number of aromatic nitrogens is 4. The van der Waals surface area contributed by atoms with Gasteiger partial charge < -0.3 is 15.7 Å². The zero-order valence-corrected chi connectivity index (χ0v) is 23.3. The lowest BCUT2D eigenvalue weighted by atomic mass is 9.95. The van der Waals surface area contributed by atoms with E-state index in [-0.39, 0.29) is 5.78 Å². The van der Waals surface area contributed by atoms with Gasteiger partial charge in [-0.25, -0.2) is 19.7 Å². The third-order valence-corrected chi connectivity index (χ3v) is 7.85. The molecule has 1 aromatic carbocycles. The number of fused-ring (bicyclic) bond motifs is 1. The minimum absolute atomic E-state index is 0.0362. The van der Waals surface area contributed by atoms with E-state index in [0.717, 1.165) is 60.2 Å². The molecule has 0 aliphatic carbocycles. The van der Waals surface area contributed by atoms with Crippen LogP contribution >= 0.6 is 34.5 Å². The van der Waals surface area contributed by atoms with Crippen LogP contribution in [-0.2, 0) is 11.2 Å². The highest BCUT2D eigenvalue weighted by Gasteiger charge is 2.38. The van der Waals surface area contributed by atoms with E-state index in [9.17, 15) is 18.0 Å². The second kappa shape index (κ2) is 12.0. The molecule has 15 heteroatoms. The standard InChI is InChI=1S/C23H22Cl2N6OS.C2HF3O2/c1-13(32)21-22(26)29-20(33-21)9-14-3-2-7-30(12-14)23-28-18(11-19-27-6-8-31(19)23)16-5-4-15(24)10-17(16)25;3-2(4,5)1(6)7/h4-6,8,10-11,14H,2-3,7,9,12,26H2,1H3;(H,6,7). The van der Waals surface area contributed by atoms with E-state index in [2.05, 4.69) is 14.9 Å². The van der Waals surface area contributed by atoms with E-state index in [1.807, 2.05) is 28.8 Å². The summed E-state index contributed by atoms with van der Waals surface area (Å²) >= 11 is 14.0. The van der Waals surface area contributed by atoms with Crippen molar-refractivity contribution in [1.29, 1.82) is 0 Å². The van der Waals surface area contributed by atoms with Gasteiger partial charge in [0.1, 0.15) is 16.3 Å². The van der Waals surface area contributed by atoms with Crippen molar-refractivity contribution in [2.24, 2.45) is 5.92 Å². The van der Waals surface area contributed by atoms with Crippen LogP contribution in [-0.4, -0.2) is 55.5 Å². The predicted octanol–water partition coefficient (Wildman–Crippen LogP) is 6.04. The molecule has 1 unspecified atom stereocenters. The molecule has 40 heavy (non-hydrogen) atoms. The maximum atomic E-state index is 11.7. The van der Waals surface area contributed by atoms with Crippen molar-refractivity contribution in [2.75, 3.05) is 23.7 Å². The summed E-state index contributed by atoms with van der Waals surface area (Å²) in [6.07, 6.45) is 1.52. The van der Waals surface area contributed by atoms with Gasteiger partial charge in [0.25, 0.3) is 0 Å². The number of thiazole rings is 1. The van der Waals surface area contributed by atoms with Crippen LogP contribution < -0.4 is 10.6 Å². The van der Waals surface area contributed by atoms with Crippen LogP contribution in [0.2, 0.25) is 10.0 Å². The number of carboxylic acid groups (broad SMARTS) is 1. The Kier molecular flexibility index (Phi) is 8.86. The topological polar surface area (TPSA) is 127 Å². The smallest absolute Gasteiger partial charge is 0.475 e. The molecule has 212 valence electrons. The first-order chi connectivity index (χ1) is 18.8. The maximum Gasteiger partial charge on any atom is 0.490 e. The third-order valence-electron chi connectivity index (χ3n) is 6.10. The molecule has 1 aliphatic heterocycles. The monoisotopic (exact) mass is 614 g/mol. The lowest BCUT2D eigenvalue weighted by molar-refractivity contribution is -0.192. The number of ketones is 1. The zero-order chi connectivity index (χ0) is 29.2. The number of carbonyl (C=O) groups is 2. The van der Waals surface area contributed by atoms with Crippen LogP contribution in [0.4, 0.5) is 24.9 Å². The second-order valence-corrected chi connectivity index (χ2v) is 11.0. The first kappa shape index (κ1) is 29.6. The number of halogens is 5. The Hall–Kier alpha value is -3.42. The number of benzene rings is 1. The molecule has 4 heterocycles. The first-order valence-electron chi connectivity index (χ1n) is 11.9. The number of carbonyl (C=O) groups excluding carboxylic acids is 1. The molecule has 3 N–H and O–H groups in total. The van der Waals surface area contributed by atoms with Crippen molar-refractivity contribution >= 4 is 63.7 Å². The first-order valence-corrected chi connectivity index (χ1v) is 13.5. The van der Waals surface area contributed by atoms with Gasteiger partial charge in [-0.05, 0) is 37.0 Å². The third kappa shape index (κ3) is 6.83. The molecule has 0 saturated carbocycles. The number of rotatable bonds is 5. The summed E-state index contributed by atoms with van der Waals surface area (Å²) in [4.78, 5) is 37.4. The molecule has 9 nitrogen and oxygen atoms in total. The van der Waals surface area contributed by atoms with Gasteiger partial charge in [-0.2, -0.15) is 13.2 Å². The maximum absolute atomic E-state index is 11.7. The van der Waals surface area contributed by atoms with Crippen molar-refractivity contribution in [3.63, 3.8) is 0 Å². The predicted molar refractivity (Wildman–Crippen MR) is 147 cm³/mol. The quantitative estimate of drug-likeness (QED) is 0.261. The summed E-state index contributed by atoms with van der Waals surface area (Å²) < 4.78 is 33.7. The van der Waals surface area contributed by atoms with Gasteiger partial charge in [0, 0.05) is 55.5 Å². The molecule has 0 bridgehead atoms. The number of nitrogens with zero attached hydrogens (tertiary/aromatic N) is 5. The number of hydrogen-bond donors (Lipinski definition) is 2. The summed E-state index contributed by atoms with van der Waals surface area (Å²) in [5.74, 6) is -1.24. The Morgan fingerprint density at radius 1 is 1.23 bits per heavy atom. The van der Waals surface area contributed by atoms with Gasteiger partial charge in [-0.3, -0.25) is 9.20 Å². The van der Waals surface area contributed by atoms with E-state index in [1.54, 1.807) is 12.3 Å². The van der Waals surface area contributed by atoms with Crippen LogP contribution in [0, 0.1) is 5.92 Å².